The summed E-state index contributed by atoms with van der Waals surface area (Å²) in [5.41, 5.74) is 0.362. The number of halogens is 4. The van der Waals surface area contributed by atoms with Crippen molar-refractivity contribution in [1.29, 1.82) is 0 Å². The van der Waals surface area contributed by atoms with Gasteiger partial charge in [0.2, 0.25) is 24.1 Å². The van der Waals surface area contributed by atoms with Crippen LogP contribution in [0.5, 0.6) is 0 Å². The molecule has 0 aliphatic heterocycles. The number of carbonyl (C=O) groups is 1. The summed E-state index contributed by atoms with van der Waals surface area (Å²) in [6, 6.07) is 6.94. The first-order valence-electron chi connectivity index (χ1n) is 14.5. The van der Waals surface area contributed by atoms with E-state index in [1.807, 2.05) is 0 Å². The number of hydrogen-bond acceptors (Lipinski definition) is 6. The van der Waals surface area contributed by atoms with Gasteiger partial charge >= 0.3 is 0 Å². The monoisotopic (exact) mass is 572 g/mol. The number of fused-ring (bicyclic) bond motifs is 3. The molecule has 0 spiro atoms. The molecule has 3 aromatic rings. The Kier molecular flexibility index (Phi) is 6.46. The van der Waals surface area contributed by atoms with Gasteiger partial charge in [0.1, 0.15) is 12.0 Å². The lowest BCUT2D eigenvalue weighted by Gasteiger charge is -2.53. The predicted octanol–water partition coefficient (Wildman–Crippen LogP) is 7.46. The number of oxazole rings is 1. The first-order chi connectivity index (χ1) is 19.7. The number of nitrogens with zero attached hydrogens (tertiary/aromatic N) is 4. The van der Waals surface area contributed by atoms with Crippen molar-refractivity contribution in [3.8, 4) is 11.5 Å². The standard InChI is InChI=1S/C30H32F4N4O3/c31-23(32)19-12-20(13-19)27(39)38(21-3-1-2-18(14-21)26-35-22(15-40-26)24(33)34)16-29-6-9-30(10-7-29,11-8-29)28-36-25(37-41-28)17-4-5-17/h1-3,14-15,17,19-20,23-24H,4-13,16H2. The van der Waals surface area contributed by atoms with E-state index in [-0.39, 0.29) is 35.5 Å². The summed E-state index contributed by atoms with van der Waals surface area (Å²) in [4.78, 5) is 24.3. The average molecular weight is 573 g/mol. The summed E-state index contributed by atoms with van der Waals surface area (Å²) in [6.45, 7) is 0.465. The first kappa shape index (κ1) is 26.6. The third-order valence-corrected chi connectivity index (χ3v) is 10.0. The van der Waals surface area contributed by atoms with Gasteiger partial charge in [0.15, 0.2) is 5.82 Å². The Labute approximate surface area is 234 Å². The van der Waals surface area contributed by atoms with E-state index < -0.39 is 30.4 Å². The average Bonchev–Trinajstić information content (AvgIpc) is 3.45. The molecule has 218 valence electrons. The van der Waals surface area contributed by atoms with Crippen molar-refractivity contribution in [2.24, 2.45) is 17.3 Å². The second-order valence-corrected chi connectivity index (χ2v) is 12.6. The minimum atomic E-state index is -2.76. The maximum atomic E-state index is 13.8. The fourth-order valence-corrected chi connectivity index (χ4v) is 7.03. The number of aromatic nitrogens is 3. The number of alkyl halides is 4. The van der Waals surface area contributed by atoms with Crippen LogP contribution in [0.25, 0.3) is 11.5 Å². The molecule has 2 aromatic heterocycles. The molecule has 11 heteroatoms. The number of hydrogen-bond donors (Lipinski definition) is 0. The van der Waals surface area contributed by atoms with Gasteiger partial charge in [0.05, 0.1) is 0 Å². The van der Waals surface area contributed by atoms with Gasteiger partial charge in [-0.25, -0.2) is 22.5 Å². The smallest absolute Gasteiger partial charge is 0.283 e. The molecule has 0 N–H and O–H groups in total. The summed E-state index contributed by atoms with van der Waals surface area (Å²) in [6.07, 6.45) is 3.65. The molecule has 5 aliphatic carbocycles. The topological polar surface area (TPSA) is 85.3 Å². The molecule has 1 aromatic carbocycles. The van der Waals surface area contributed by atoms with Gasteiger partial charge in [-0.15, -0.1) is 0 Å². The molecule has 0 saturated heterocycles. The van der Waals surface area contributed by atoms with Crippen LogP contribution in [0, 0.1) is 17.3 Å². The molecule has 5 fully saturated rings. The van der Waals surface area contributed by atoms with Crippen LogP contribution in [0.4, 0.5) is 23.2 Å². The van der Waals surface area contributed by atoms with E-state index in [4.69, 9.17) is 13.9 Å². The zero-order valence-corrected chi connectivity index (χ0v) is 22.6. The Hall–Kier alpha value is -3.24. The molecule has 0 atom stereocenters. The Morgan fingerprint density at radius 3 is 2.39 bits per heavy atom. The van der Waals surface area contributed by atoms with Crippen molar-refractivity contribution in [2.45, 2.75) is 88.4 Å². The van der Waals surface area contributed by atoms with Crippen LogP contribution >= 0.6 is 0 Å². The molecule has 7 nitrogen and oxygen atoms in total. The molecule has 41 heavy (non-hydrogen) atoms. The predicted molar refractivity (Wildman–Crippen MR) is 140 cm³/mol. The molecule has 0 unspecified atom stereocenters. The van der Waals surface area contributed by atoms with Gasteiger partial charge in [-0.3, -0.25) is 4.79 Å². The number of rotatable bonds is 9. The molecule has 5 aliphatic rings. The molecular weight excluding hydrogens is 540 g/mol. The summed E-state index contributed by atoms with van der Waals surface area (Å²) < 4.78 is 63.8. The second kappa shape index (κ2) is 9.94. The summed E-state index contributed by atoms with van der Waals surface area (Å²) >= 11 is 0. The minimum absolute atomic E-state index is 0.0411. The molecule has 8 rings (SSSR count). The molecule has 2 heterocycles. The minimum Gasteiger partial charge on any atom is -0.444 e. The lowest BCUT2D eigenvalue weighted by molar-refractivity contribution is -0.129. The zero-order valence-electron chi connectivity index (χ0n) is 22.6. The quantitative estimate of drug-likeness (QED) is 0.248. The van der Waals surface area contributed by atoms with Crippen LogP contribution in [-0.2, 0) is 10.2 Å². The van der Waals surface area contributed by atoms with Gasteiger partial charge in [0.25, 0.3) is 6.43 Å². The summed E-state index contributed by atoms with van der Waals surface area (Å²) in [5, 5.41) is 4.24. The highest BCUT2D eigenvalue weighted by Gasteiger charge is 2.54. The van der Waals surface area contributed by atoms with E-state index in [2.05, 4.69) is 10.1 Å². The fourth-order valence-electron chi connectivity index (χ4n) is 7.03. The van der Waals surface area contributed by atoms with Gasteiger partial charge < -0.3 is 13.8 Å². The highest BCUT2D eigenvalue weighted by atomic mass is 19.3. The van der Waals surface area contributed by atoms with Crippen LogP contribution < -0.4 is 4.90 Å². The third-order valence-electron chi connectivity index (χ3n) is 10.0. The molecule has 1 amide bonds. The number of benzene rings is 1. The Morgan fingerprint density at radius 1 is 1.02 bits per heavy atom. The van der Waals surface area contributed by atoms with Crippen molar-refractivity contribution in [1.82, 2.24) is 15.1 Å². The molecular formula is C30H32F4N4O3. The highest BCUT2D eigenvalue weighted by molar-refractivity contribution is 5.96. The summed E-state index contributed by atoms with van der Waals surface area (Å²) in [5.74, 6) is 0.654. The normalized spacial score (nSPS) is 29.2. The van der Waals surface area contributed by atoms with Gasteiger partial charge in [0, 0.05) is 41.0 Å². The maximum Gasteiger partial charge on any atom is 0.283 e. The van der Waals surface area contributed by atoms with Crippen LogP contribution in [-0.4, -0.2) is 34.0 Å². The van der Waals surface area contributed by atoms with E-state index in [9.17, 15) is 22.4 Å². The van der Waals surface area contributed by atoms with Gasteiger partial charge in [-0.05, 0) is 87.8 Å². The van der Waals surface area contributed by atoms with Crippen molar-refractivity contribution in [2.75, 3.05) is 11.4 Å². The Morgan fingerprint density at radius 2 is 1.76 bits per heavy atom. The van der Waals surface area contributed by atoms with Crippen molar-refractivity contribution >= 4 is 11.6 Å². The first-order valence-corrected chi connectivity index (χ1v) is 14.5. The van der Waals surface area contributed by atoms with Crippen molar-refractivity contribution in [3.05, 3.63) is 47.9 Å². The molecule has 5 saturated carbocycles. The number of amides is 1. The van der Waals surface area contributed by atoms with Crippen LogP contribution in [0.2, 0.25) is 0 Å². The van der Waals surface area contributed by atoms with Crippen molar-refractivity contribution in [3.63, 3.8) is 0 Å². The van der Waals surface area contributed by atoms with E-state index in [0.717, 1.165) is 69.3 Å². The van der Waals surface area contributed by atoms with E-state index in [1.54, 1.807) is 29.2 Å². The van der Waals surface area contributed by atoms with Crippen LogP contribution in [0.1, 0.15) is 94.0 Å². The largest absolute Gasteiger partial charge is 0.444 e. The van der Waals surface area contributed by atoms with Crippen LogP contribution in [0.3, 0.4) is 0 Å². The number of carbonyl (C=O) groups excluding carboxylic acids is 1. The Balaban J connectivity index is 1.13. The molecule has 2 bridgehead atoms. The third kappa shape index (κ3) is 4.84. The lowest BCUT2D eigenvalue weighted by atomic mass is 9.53. The number of anilines is 1. The zero-order chi connectivity index (χ0) is 28.4. The SMILES string of the molecule is O=C(C1CC(C(F)F)C1)N(CC12CCC(c3nc(C4CC4)no3)(CC1)CC2)c1cccc(-c2nc(C(F)F)co2)c1. The summed E-state index contributed by atoms with van der Waals surface area (Å²) in [7, 11) is 0. The van der Waals surface area contributed by atoms with E-state index >= 15 is 0 Å². The Bertz CT molecular complexity index is 1400. The lowest BCUT2D eigenvalue weighted by Crippen LogP contribution is -2.53. The van der Waals surface area contributed by atoms with E-state index in [1.165, 1.54) is 0 Å². The van der Waals surface area contributed by atoms with Crippen LogP contribution in [0.15, 0.2) is 39.5 Å². The maximum absolute atomic E-state index is 13.8. The highest BCUT2D eigenvalue weighted by Crippen LogP contribution is 2.58. The van der Waals surface area contributed by atoms with Gasteiger partial charge in [-0.2, -0.15) is 4.98 Å². The van der Waals surface area contributed by atoms with Crippen molar-refractivity contribution < 1.29 is 31.3 Å². The fraction of sp³-hybridized carbons (Fsp3) is 0.600. The second-order valence-electron chi connectivity index (χ2n) is 12.6. The molecule has 0 radical (unpaired) electrons. The van der Waals surface area contributed by atoms with E-state index in [0.29, 0.717) is 23.7 Å². The van der Waals surface area contributed by atoms with Gasteiger partial charge in [-0.1, -0.05) is 11.2 Å².